The van der Waals surface area contributed by atoms with Crippen molar-refractivity contribution in [1.29, 1.82) is 0 Å². The molecule has 0 radical (unpaired) electrons. The van der Waals surface area contributed by atoms with E-state index in [0.29, 0.717) is 25.4 Å². The molecule has 0 aliphatic carbocycles. The number of rotatable bonds is 6. The van der Waals surface area contributed by atoms with Crippen molar-refractivity contribution in [2.24, 2.45) is 0 Å². The highest BCUT2D eigenvalue weighted by Gasteiger charge is 2.11. The predicted molar refractivity (Wildman–Crippen MR) is 71.6 cm³/mol. The van der Waals surface area contributed by atoms with Crippen LogP contribution in [0.25, 0.3) is 0 Å². The van der Waals surface area contributed by atoms with Crippen molar-refractivity contribution in [1.82, 2.24) is 10.3 Å². The second kappa shape index (κ2) is 6.98. The van der Waals surface area contributed by atoms with Gasteiger partial charge in [-0.1, -0.05) is 23.8 Å². The zero-order valence-corrected chi connectivity index (χ0v) is 11.0. The molecule has 1 aromatic rings. The van der Waals surface area contributed by atoms with E-state index in [-0.39, 0.29) is 16.6 Å². The van der Waals surface area contributed by atoms with E-state index in [1.54, 1.807) is 0 Å². The Balaban J connectivity index is 2.41. The number of nitrogen functional groups attached to an aromatic ring is 1. The van der Waals surface area contributed by atoms with Crippen molar-refractivity contribution in [3.05, 3.63) is 35.1 Å². The number of pyridine rings is 1. The van der Waals surface area contributed by atoms with E-state index in [0.717, 1.165) is 5.57 Å². The van der Waals surface area contributed by atoms with Crippen LogP contribution in [0.3, 0.4) is 0 Å². The smallest absolute Gasteiger partial charge is 0.254 e. The lowest BCUT2D eigenvalue weighted by Gasteiger charge is -2.07. The van der Waals surface area contributed by atoms with E-state index in [1.807, 2.05) is 6.92 Å². The Kier molecular flexibility index (Phi) is 5.61. The zero-order chi connectivity index (χ0) is 13.5. The first kappa shape index (κ1) is 14.5. The van der Waals surface area contributed by atoms with Crippen LogP contribution in [0.2, 0.25) is 5.15 Å². The fourth-order valence-corrected chi connectivity index (χ4v) is 1.39. The summed E-state index contributed by atoms with van der Waals surface area (Å²) in [5.41, 5.74) is 7.13. The van der Waals surface area contributed by atoms with E-state index in [1.165, 1.54) is 12.3 Å². The van der Waals surface area contributed by atoms with Gasteiger partial charge in [0.2, 0.25) is 0 Å². The van der Waals surface area contributed by atoms with Gasteiger partial charge in [0.15, 0.2) is 0 Å². The van der Waals surface area contributed by atoms with Gasteiger partial charge in [-0.15, -0.1) is 0 Å². The Morgan fingerprint density at radius 1 is 1.67 bits per heavy atom. The van der Waals surface area contributed by atoms with Crippen LogP contribution in [0.15, 0.2) is 24.4 Å². The highest BCUT2D eigenvalue weighted by atomic mass is 35.5. The summed E-state index contributed by atoms with van der Waals surface area (Å²) in [6.45, 7) is 6.85. The number of carbonyl (C=O) groups is 1. The van der Waals surface area contributed by atoms with Crippen LogP contribution in [-0.2, 0) is 4.74 Å². The van der Waals surface area contributed by atoms with Crippen molar-refractivity contribution in [3.8, 4) is 0 Å². The van der Waals surface area contributed by atoms with Crippen LogP contribution >= 0.6 is 11.6 Å². The molecular weight excluding hydrogens is 254 g/mol. The number of nitrogens with zero attached hydrogens (tertiary/aromatic N) is 1. The Bertz CT molecular complexity index is 449. The number of anilines is 1. The lowest BCUT2D eigenvalue weighted by atomic mass is 10.2. The summed E-state index contributed by atoms with van der Waals surface area (Å²) in [5.74, 6) is -0.321. The number of hydrogen-bond acceptors (Lipinski definition) is 4. The maximum absolute atomic E-state index is 11.8. The van der Waals surface area contributed by atoms with E-state index in [4.69, 9.17) is 22.1 Å². The molecule has 1 aromatic heterocycles. The summed E-state index contributed by atoms with van der Waals surface area (Å²) in [6.07, 6.45) is 1.40. The molecule has 98 valence electrons. The SMILES string of the molecule is C=C(C)COCCNC(=O)c1cc(N)cnc1Cl. The maximum atomic E-state index is 11.8. The normalized spacial score (nSPS) is 10.1. The first-order chi connectivity index (χ1) is 8.50. The van der Waals surface area contributed by atoms with Gasteiger partial charge in [0.1, 0.15) is 5.15 Å². The van der Waals surface area contributed by atoms with Crippen molar-refractivity contribution >= 4 is 23.2 Å². The van der Waals surface area contributed by atoms with Crippen molar-refractivity contribution in [3.63, 3.8) is 0 Å². The molecule has 6 heteroatoms. The molecule has 0 atom stereocenters. The second-order valence-corrected chi connectivity index (χ2v) is 4.23. The van der Waals surface area contributed by atoms with Gasteiger partial charge in [-0.3, -0.25) is 4.79 Å². The van der Waals surface area contributed by atoms with E-state index in [9.17, 15) is 4.79 Å². The lowest BCUT2D eigenvalue weighted by molar-refractivity contribution is 0.0926. The third-order valence-corrected chi connectivity index (χ3v) is 2.29. The Morgan fingerprint density at radius 3 is 3.06 bits per heavy atom. The van der Waals surface area contributed by atoms with Crippen molar-refractivity contribution in [2.75, 3.05) is 25.5 Å². The average Bonchev–Trinajstić information content (AvgIpc) is 2.31. The molecule has 0 saturated heterocycles. The summed E-state index contributed by atoms with van der Waals surface area (Å²) in [4.78, 5) is 15.6. The molecular formula is C12H16ClN3O2. The Hall–Kier alpha value is -1.59. The Labute approximate surface area is 111 Å². The van der Waals surface area contributed by atoms with Crippen LogP contribution in [0, 0.1) is 0 Å². The number of nitrogens with two attached hydrogens (primary N) is 1. The summed E-state index contributed by atoms with van der Waals surface area (Å²) in [6, 6.07) is 1.49. The molecule has 0 aliphatic heterocycles. The number of amides is 1. The molecule has 5 nitrogen and oxygen atoms in total. The van der Waals surface area contributed by atoms with Gasteiger partial charge in [-0.25, -0.2) is 4.98 Å². The van der Waals surface area contributed by atoms with E-state index in [2.05, 4.69) is 16.9 Å². The molecule has 0 spiro atoms. The monoisotopic (exact) mass is 269 g/mol. The van der Waals surface area contributed by atoms with E-state index < -0.39 is 0 Å². The minimum absolute atomic E-state index is 0.129. The number of nitrogens with one attached hydrogen (secondary N) is 1. The van der Waals surface area contributed by atoms with Crippen molar-refractivity contribution < 1.29 is 9.53 Å². The zero-order valence-electron chi connectivity index (χ0n) is 10.2. The van der Waals surface area contributed by atoms with Gasteiger partial charge in [-0.05, 0) is 13.0 Å². The maximum Gasteiger partial charge on any atom is 0.254 e. The predicted octanol–water partition coefficient (Wildman–Crippen LogP) is 1.64. The largest absolute Gasteiger partial charge is 0.397 e. The molecule has 0 bridgehead atoms. The topological polar surface area (TPSA) is 77.2 Å². The molecule has 3 N–H and O–H groups in total. The molecule has 0 unspecified atom stereocenters. The van der Waals surface area contributed by atoms with Gasteiger partial charge < -0.3 is 15.8 Å². The third kappa shape index (κ3) is 4.73. The average molecular weight is 270 g/mol. The third-order valence-electron chi connectivity index (χ3n) is 1.99. The summed E-state index contributed by atoms with van der Waals surface area (Å²) < 4.78 is 5.25. The Morgan fingerprint density at radius 2 is 2.39 bits per heavy atom. The number of ether oxygens (including phenoxy) is 1. The van der Waals surface area contributed by atoms with Crippen LogP contribution in [-0.4, -0.2) is 30.6 Å². The van der Waals surface area contributed by atoms with Gasteiger partial charge in [0.25, 0.3) is 5.91 Å². The summed E-state index contributed by atoms with van der Waals surface area (Å²) >= 11 is 5.80. The highest BCUT2D eigenvalue weighted by Crippen LogP contribution is 2.15. The van der Waals surface area contributed by atoms with Crippen LogP contribution in [0.4, 0.5) is 5.69 Å². The van der Waals surface area contributed by atoms with Crippen LogP contribution in [0.5, 0.6) is 0 Å². The molecule has 1 amide bonds. The van der Waals surface area contributed by atoms with Crippen LogP contribution < -0.4 is 11.1 Å². The first-order valence-corrected chi connectivity index (χ1v) is 5.80. The van der Waals surface area contributed by atoms with Crippen LogP contribution in [0.1, 0.15) is 17.3 Å². The number of halogens is 1. The van der Waals surface area contributed by atoms with Crippen molar-refractivity contribution in [2.45, 2.75) is 6.92 Å². The first-order valence-electron chi connectivity index (χ1n) is 5.42. The molecule has 1 rings (SSSR count). The fraction of sp³-hybridized carbons (Fsp3) is 0.333. The van der Waals surface area contributed by atoms with Gasteiger partial charge >= 0.3 is 0 Å². The number of carbonyl (C=O) groups excluding carboxylic acids is 1. The molecule has 0 aromatic carbocycles. The lowest BCUT2D eigenvalue weighted by Crippen LogP contribution is -2.28. The molecule has 0 saturated carbocycles. The molecule has 18 heavy (non-hydrogen) atoms. The summed E-state index contributed by atoms with van der Waals surface area (Å²) in [5, 5.41) is 2.80. The second-order valence-electron chi connectivity index (χ2n) is 3.87. The standard InChI is InChI=1S/C12H16ClN3O2/c1-8(2)7-18-4-3-15-12(17)10-5-9(14)6-16-11(10)13/h5-6H,1,3-4,7,14H2,2H3,(H,15,17). The van der Waals surface area contributed by atoms with E-state index >= 15 is 0 Å². The molecule has 0 aliphatic rings. The van der Waals surface area contributed by atoms with Gasteiger partial charge in [0.05, 0.1) is 30.7 Å². The quantitative estimate of drug-likeness (QED) is 0.468. The number of aromatic nitrogens is 1. The van der Waals surface area contributed by atoms with Gasteiger partial charge in [-0.2, -0.15) is 0 Å². The fourth-order valence-electron chi connectivity index (χ4n) is 1.20. The molecule has 0 fully saturated rings. The van der Waals surface area contributed by atoms with Gasteiger partial charge in [0, 0.05) is 6.54 Å². The molecule has 1 heterocycles. The minimum Gasteiger partial charge on any atom is -0.397 e. The minimum atomic E-state index is -0.321. The summed E-state index contributed by atoms with van der Waals surface area (Å²) in [7, 11) is 0. The number of hydrogen-bond donors (Lipinski definition) is 2. The highest BCUT2D eigenvalue weighted by molar-refractivity contribution is 6.32.